The summed E-state index contributed by atoms with van der Waals surface area (Å²) < 4.78 is 23.6. The Morgan fingerprint density at radius 1 is 1.07 bits per heavy atom. The van der Waals surface area contributed by atoms with Gasteiger partial charge in [0, 0.05) is 29.4 Å². The summed E-state index contributed by atoms with van der Waals surface area (Å²) in [4.78, 5) is 8.83. The van der Waals surface area contributed by atoms with Crippen LogP contribution in [0.5, 0.6) is 0 Å². The van der Waals surface area contributed by atoms with Crippen LogP contribution in [-0.2, 0) is 9.84 Å². The number of hydrogen-bond acceptors (Lipinski definition) is 7. The summed E-state index contributed by atoms with van der Waals surface area (Å²) in [5.74, 6) is 1.63. The molecule has 3 rings (SSSR count). The third kappa shape index (κ3) is 4.95. The Labute approximate surface area is 164 Å². The van der Waals surface area contributed by atoms with Gasteiger partial charge >= 0.3 is 0 Å². The van der Waals surface area contributed by atoms with Crippen LogP contribution in [0, 0.1) is 20.8 Å². The fraction of sp³-hybridized carbons (Fsp3) is 0.235. The van der Waals surface area contributed by atoms with E-state index in [-0.39, 0.29) is 17.3 Å². The number of rotatable bonds is 5. The molecule has 0 fully saturated rings. The molecule has 0 radical (unpaired) electrons. The molecule has 0 aliphatic heterocycles. The quantitative estimate of drug-likeness (QED) is 0.592. The van der Waals surface area contributed by atoms with Crippen LogP contribution in [0.3, 0.4) is 0 Å². The second kappa shape index (κ2) is 7.93. The van der Waals surface area contributed by atoms with Crippen LogP contribution in [0.4, 0.5) is 23.3 Å². The molecule has 0 atom stereocenters. The van der Waals surface area contributed by atoms with E-state index in [4.69, 9.17) is 0 Å². The molecule has 0 aliphatic carbocycles. The fourth-order valence-corrected chi connectivity index (χ4v) is 3.12. The number of halogens is 1. The Kier molecular flexibility index (Phi) is 6.07. The summed E-state index contributed by atoms with van der Waals surface area (Å²) in [5.41, 5.74) is 3.42. The number of sulfone groups is 1. The van der Waals surface area contributed by atoms with E-state index >= 15 is 0 Å². The molecular formula is C17H21ClN6O2S. The zero-order valence-electron chi connectivity index (χ0n) is 15.4. The van der Waals surface area contributed by atoms with E-state index in [2.05, 4.69) is 30.8 Å². The van der Waals surface area contributed by atoms with Crippen molar-refractivity contribution in [2.45, 2.75) is 25.7 Å². The van der Waals surface area contributed by atoms with Gasteiger partial charge in [0.2, 0.25) is 5.95 Å². The van der Waals surface area contributed by atoms with Gasteiger partial charge in [0.1, 0.15) is 5.82 Å². The van der Waals surface area contributed by atoms with Crippen molar-refractivity contribution in [2.24, 2.45) is 0 Å². The number of H-pyrrole nitrogens is 1. The lowest BCUT2D eigenvalue weighted by Crippen LogP contribution is -2.03. The largest absolute Gasteiger partial charge is 0.324 e. The Bertz CT molecular complexity index is 1070. The highest BCUT2D eigenvalue weighted by molar-refractivity contribution is 7.90. The monoisotopic (exact) mass is 408 g/mol. The SMILES string of the molecule is Cc1cc(Nc2nccc(Nc3n[nH]c(C)c3C)n2)cc(S(C)(=O)=O)c1.Cl. The van der Waals surface area contributed by atoms with Crippen molar-refractivity contribution in [3.63, 3.8) is 0 Å². The van der Waals surface area contributed by atoms with Gasteiger partial charge < -0.3 is 10.6 Å². The summed E-state index contributed by atoms with van der Waals surface area (Å²) in [5, 5.41) is 13.3. The molecule has 3 aromatic rings. The van der Waals surface area contributed by atoms with Crippen molar-refractivity contribution in [1.82, 2.24) is 20.2 Å². The number of aryl methyl sites for hydroxylation is 2. The Morgan fingerprint density at radius 2 is 1.81 bits per heavy atom. The van der Waals surface area contributed by atoms with Crippen LogP contribution < -0.4 is 10.6 Å². The average Bonchev–Trinajstić information content (AvgIpc) is 2.86. The standard InChI is InChI=1S/C17H20N6O2S.ClH/c1-10-7-13(9-14(8-10)26(4,24)25)19-17-18-6-5-15(21-17)20-16-11(2)12(3)22-23-16;/h5-9H,1-4H3,(H3,18,19,20,21,22,23);1H. The maximum atomic E-state index is 11.8. The van der Waals surface area contributed by atoms with Crippen molar-refractivity contribution in [1.29, 1.82) is 0 Å². The minimum Gasteiger partial charge on any atom is -0.324 e. The topological polar surface area (TPSA) is 113 Å². The van der Waals surface area contributed by atoms with Crippen LogP contribution in [-0.4, -0.2) is 34.8 Å². The van der Waals surface area contributed by atoms with Gasteiger partial charge in [-0.2, -0.15) is 10.1 Å². The first-order valence-electron chi connectivity index (χ1n) is 7.93. The van der Waals surface area contributed by atoms with Crippen LogP contribution in [0.2, 0.25) is 0 Å². The van der Waals surface area contributed by atoms with Crippen molar-refractivity contribution >= 4 is 45.5 Å². The molecule has 8 nitrogen and oxygen atoms in total. The van der Waals surface area contributed by atoms with E-state index in [0.29, 0.717) is 23.3 Å². The van der Waals surface area contributed by atoms with E-state index in [0.717, 1.165) is 16.8 Å². The number of nitrogens with zero attached hydrogens (tertiary/aromatic N) is 3. The van der Waals surface area contributed by atoms with E-state index < -0.39 is 9.84 Å². The van der Waals surface area contributed by atoms with Crippen LogP contribution >= 0.6 is 12.4 Å². The molecular weight excluding hydrogens is 388 g/mol. The minimum absolute atomic E-state index is 0. The van der Waals surface area contributed by atoms with E-state index in [1.165, 1.54) is 6.26 Å². The van der Waals surface area contributed by atoms with E-state index in [1.807, 2.05) is 26.8 Å². The molecule has 0 saturated carbocycles. The van der Waals surface area contributed by atoms with Gasteiger partial charge in [-0.05, 0) is 50.6 Å². The summed E-state index contributed by atoms with van der Waals surface area (Å²) >= 11 is 0. The normalized spacial score (nSPS) is 11.0. The highest BCUT2D eigenvalue weighted by Crippen LogP contribution is 2.22. The Morgan fingerprint density at radius 3 is 2.44 bits per heavy atom. The lowest BCUT2D eigenvalue weighted by atomic mass is 10.2. The molecule has 27 heavy (non-hydrogen) atoms. The summed E-state index contributed by atoms with van der Waals surface area (Å²) in [6.07, 6.45) is 2.79. The van der Waals surface area contributed by atoms with E-state index in [9.17, 15) is 8.42 Å². The zero-order valence-corrected chi connectivity index (χ0v) is 17.0. The van der Waals surface area contributed by atoms with Gasteiger partial charge in [0.25, 0.3) is 0 Å². The molecule has 0 saturated heterocycles. The zero-order chi connectivity index (χ0) is 18.9. The first kappa shape index (κ1) is 20.7. The lowest BCUT2D eigenvalue weighted by Gasteiger charge is -2.10. The number of aromatic amines is 1. The number of aromatic nitrogens is 4. The summed E-state index contributed by atoms with van der Waals surface area (Å²) in [6, 6.07) is 6.75. The predicted octanol–water partition coefficient (Wildman–Crippen LogP) is 3.44. The molecule has 0 unspecified atom stereocenters. The van der Waals surface area contributed by atoms with Crippen molar-refractivity contribution in [2.75, 3.05) is 16.9 Å². The molecule has 2 heterocycles. The van der Waals surface area contributed by atoms with Gasteiger partial charge in [-0.3, -0.25) is 5.10 Å². The molecule has 0 amide bonds. The van der Waals surface area contributed by atoms with Crippen LogP contribution in [0.25, 0.3) is 0 Å². The van der Waals surface area contributed by atoms with Gasteiger partial charge in [-0.1, -0.05) is 0 Å². The number of benzene rings is 1. The van der Waals surface area contributed by atoms with Gasteiger partial charge in [0.15, 0.2) is 15.7 Å². The Balaban J connectivity index is 0.00000261. The van der Waals surface area contributed by atoms with Crippen molar-refractivity contribution in [3.8, 4) is 0 Å². The van der Waals surface area contributed by atoms with Gasteiger partial charge in [-0.15, -0.1) is 12.4 Å². The Hall–Kier alpha value is -2.65. The first-order valence-corrected chi connectivity index (χ1v) is 9.82. The molecule has 3 N–H and O–H groups in total. The summed E-state index contributed by atoms with van der Waals surface area (Å²) in [6.45, 7) is 5.74. The molecule has 0 aliphatic rings. The highest BCUT2D eigenvalue weighted by atomic mass is 35.5. The first-order chi connectivity index (χ1) is 12.2. The average molecular weight is 409 g/mol. The van der Waals surface area contributed by atoms with Gasteiger partial charge in [0.05, 0.1) is 4.90 Å². The second-order valence-electron chi connectivity index (χ2n) is 6.14. The maximum absolute atomic E-state index is 11.8. The van der Waals surface area contributed by atoms with Crippen molar-refractivity contribution in [3.05, 3.63) is 47.3 Å². The number of nitrogens with one attached hydrogen (secondary N) is 3. The summed E-state index contributed by atoms with van der Waals surface area (Å²) in [7, 11) is -3.30. The molecule has 1 aromatic carbocycles. The molecule has 2 aromatic heterocycles. The molecule has 10 heteroatoms. The highest BCUT2D eigenvalue weighted by Gasteiger charge is 2.11. The third-order valence-corrected chi connectivity index (χ3v) is 4.98. The number of hydrogen-bond donors (Lipinski definition) is 3. The van der Waals surface area contributed by atoms with Crippen LogP contribution in [0.15, 0.2) is 35.4 Å². The minimum atomic E-state index is -3.30. The van der Waals surface area contributed by atoms with Crippen molar-refractivity contribution < 1.29 is 8.42 Å². The maximum Gasteiger partial charge on any atom is 0.229 e. The smallest absolute Gasteiger partial charge is 0.229 e. The fourth-order valence-electron chi connectivity index (χ4n) is 2.38. The molecule has 144 valence electrons. The molecule has 0 spiro atoms. The number of anilines is 4. The second-order valence-corrected chi connectivity index (χ2v) is 8.16. The third-order valence-electron chi connectivity index (χ3n) is 3.89. The molecule has 0 bridgehead atoms. The predicted molar refractivity (Wildman–Crippen MR) is 108 cm³/mol. The lowest BCUT2D eigenvalue weighted by molar-refractivity contribution is 0.602. The van der Waals surface area contributed by atoms with E-state index in [1.54, 1.807) is 24.4 Å². The van der Waals surface area contributed by atoms with Gasteiger partial charge in [-0.25, -0.2) is 13.4 Å². The van der Waals surface area contributed by atoms with Crippen LogP contribution in [0.1, 0.15) is 16.8 Å².